The Hall–Kier alpha value is -2.64. The zero-order chi connectivity index (χ0) is 20.1. The van der Waals surface area contributed by atoms with E-state index in [0.29, 0.717) is 12.5 Å². The zero-order valence-electron chi connectivity index (χ0n) is 16.4. The molecule has 1 aliphatic heterocycles. The Morgan fingerprint density at radius 1 is 1.36 bits per heavy atom. The van der Waals surface area contributed by atoms with Crippen LogP contribution < -0.4 is 16.9 Å². The van der Waals surface area contributed by atoms with E-state index in [-0.39, 0.29) is 6.67 Å². The summed E-state index contributed by atoms with van der Waals surface area (Å²) in [4.78, 5) is 6.67. The van der Waals surface area contributed by atoms with Gasteiger partial charge >= 0.3 is 0 Å². The summed E-state index contributed by atoms with van der Waals surface area (Å²) in [7, 11) is 1.76. The Balaban J connectivity index is 1.72. The van der Waals surface area contributed by atoms with Gasteiger partial charge in [-0.3, -0.25) is 0 Å². The van der Waals surface area contributed by atoms with Crippen LogP contribution in [0.3, 0.4) is 0 Å². The Kier molecular flexibility index (Phi) is 6.49. The number of alkyl halides is 1. The molecule has 1 aliphatic rings. The number of anilines is 1. The highest BCUT2D eigenvalue weighted by Gasteiger charge is 2.21. The van der Waals surface area contributed by atoms with Gasteiger partial charge in [0.2, 0.25) is 0 Å². The lowest BCUT2D eigenvalue weighted by atomic mass is 9.94. The molecule has 1 aromatic heterocycles. The first-order valence-electron chi connectivity index (χ1n) is 9.56. The molecular weight excluding hydrogens is 355 g/mol. The molecule has 0 unspecified atom stereocenters. The maximum absolute atomic E-state index is 12.5. The van der Waals surface area contributed by atoms with Crippen molar-refractivity contribution >= 4 is 22.3 Å². The number of aromatic nitrogens is 1. The monoisotopic (exact) mass is 384 g/mol. The second-order valence-electron chi connectivity index (χ2n) is 7.25. The van der Waals surface area contributed by atoms with Crippen molar-refractivity contribution in [2.75, 3.05) is 38.7 Å². The number of pyridine rings is 1. The van der Waals surface area contributed by atoms with Crippen LogP contribution in [0.15, 0.2) is 48.9 Å². The van der Waals surface area contributed by atoms with Crippen LogP contribution in [-0.2, 0) is 0 Å². The molecule has 150 valence electrons. The maximum Gasteiger partial charge on any atom is 0.130 e. The minimum absolute atomic E-state index is 0.284. The number of halogens is 1. The number of hydrazine groups is 1. The normalized spacial score (nSPS) is 16.3. The minimum Gasteiger partial charge on any atom is -0.403 e. The SMILES string of the molecule is C=C(Nc1cc2cc(/C(=C/N)N(C)N)ccc2cn1)C1CCN(CCF)CC1. The zero-order valence-corrected chi connectivity index (χ0v) is 16.4. The van der Waals surface area contributed by atoms with Crippen LogP contribution in [0, 0.1) is 5.92 Å². The number of nitrogens with one attached hydrogen (secondary N) is 1. The molecule has 6 nitrogen and oxygen atoms in total. The Morgan fingerprint density at radius 3 is 2.75 bits per heavy atom. The number of piperidine rings is 1. The van der Waals surface area contributed by atoms with Crippen molar-refractivity contribution < 1.29 is 4.39 Å². The molecule has 0 spiro atoms. The molecule has 0 radical (unpaired) electrons. The van der Waals surface area contributed by atoms with E-state index in [2.05, 4.69) is 21.8 Å². The predicted octanol–water partition coefficient (Wildman–Crippen LogP) is 2.90. The molecule has 28 heavy (non-hydrogen) atoms. The third-order valence-corrected chi connectivity index (χ3v) is 5.33. The van der Waals surface area contributed by atoms with Gasteiger partial charge in [0, 0.05) is 48.6 Å². The fraction of sp³-hybridized carbons (Fsp3) is 0.381. The summed E-state index contributed by atoms with van der Waals surface area (Å²) in [6.45, 7) is 6.27. The second-order valence-corrected chi connectivity index (χ2v) is 7.25. The molecule has 7 heteroatoms. The number of nitrogens with zero attached hydrogens (tertiary/aromatic N) is 3. The summed E-state index contributed by atoms with van der Waals surface area (Å²) in [5, 5.41) is 6.94. The molecule has 1 saturated heterocycles. The van der Waals surface area contributed by atoms with E-state index < -0.39 is 0 Å². The Morgan fingerprint density at radius 2 is 2.11 bits per heavy atom. The molecule has 0 amide bonds. The number of hydrogen-bond donors (Lipinski definition) is 3. The van der Waals surface area contributed by atoms with E-state index >= 15 is 0 Å². The number of likely N-dealkylation sites (tertiary alicyclic amines) is 1. The third-order valence-electron chi connectivity index (χ3n) is 5.33. The molecule has 0 atom stereocenters. The fourth-order valence-corrected chi connectivity index (χ4v) is 3.68. The van der Waals surface area contributed by atoms with Gasteiger partial charge in [-0.05, 0) is 43.5 Å². The van der Waals surface area contributed by atoms with Crippen LogP contribution in [0.2, 0.25) is 0 Å². The highest BCUT2D eigenvalue weighted by Crippen LogP contribution is 2.27. The molecule has 5 N–H and O–H groups in total. The summed E-state index contributed by atoms with van der Waals surface area (Å²) < 4.78 is 12.5. The molecule has 0 saturated carbocycles. The van der Waals surface area contributed by atoms with Crippen molar-refractivity contribution in [3.05, 3.63) is 54.5 Å². The summed E-state index contributed by atoms with van der Waals surface area (Å²) in [6.07, 6.45) is 5.31. The summed E-state index contributed by atoms with van der Waals surface area (Å²) in [5.41, 5.74) is 8.37. The van der Waals surface area contributed by atoms with Crippen molar-refractivity contribution in [2.45, 2.75) is 12.8 Å². The third kappa shape index (κ3) is 4.61. The minimum atomic E-state index is -0.284. The molecule has 3 rings (SSSR count). The largest absolute Gasteiger partial charge is 0.403 e. The summed E-state index contributed by atoms with van der Waals surface area (Å²) >= 11 is 0. The number of fused-ring (bicyclic) bond motifs is 1. The number of rotatable bonds is 7. The fourth-order valence-electron chi connectivity index (χ4n) is 3.68. The van der Waals surface area contributed by atoms with Gasteiger partial charge in [0.1, 0.15) is 12.5 Å². The van der Waals surface area contributed by atoms with Crippen LogP contribution in [-0.4, -0.2) is 48.2 Å². The topological polar surface area (TPSA) is 83.4 Å². The molecular formula is C21H29FN6. The first-order valence-corrected chi connectivity index (χ1v) is 9.56. The van der Waals surface area contributed by atoms with Crippen LogP contribution in [0.1, 0.15) is 18.4 Å². The van der Waals surface area contributed by atoms with Crippen LogP contribution >= 0.6 is 0 Å². The van der Waals surface area contributed by atoms with Gasteiger partial charge < -0.3 is 21.0 Å². The summed E-state index contributed by atoms with van der Waals surface area (Å²) in [6, 6.07) is 8.03. The van der Waals surface area contributed by atoms with Crippen molar-refractivity contribution in [3.8, 4) is 0 Å². The Bertz CT molecular complexity index is 855. The smallest absolute Gasteiger partial charge is 0.130 e. The lowest BCUT2D eigenvalue weighted by molar-refractivity contribution is 0.186. The standard InChI is InChI=1S/C21H29FN6/c1-15(16-5-8-28(9-6-16)10-7-22)26-21-12-19-11-17(20(13-23)27(2)24)3-4-18(19)14-25-21/h3-4,11-14,16H,1,5-10,23-24H2,2H3,(H,25,26)/b20-13-. The van der Waals surface area contributed by atoms with Gasteiger partial charge in [0.15, 0.2) is 0 Å². The van der Waals surface area contributed by atoms with Crippen molar-refractivity contribution in [1.29, 1.82) is 0 Å². The highest BCUT2D eigenvalue weighted by molar-refractivity contribution is 5.87. The molecule has 1 fully saturated rings. The van der Waals surface area contributed by atoms with Gasteiger partial charge in [0.25, 0.3) is 0 Å². The van der Waals surface area contributed by atoms with Gasteiger partial charge in [-0.25, -0.2) is 15.2 Å². The molecule has 2 aromatic rings. The van der Waals surface area contributed by atoms with Crippen LogP contribution in [0.25, 0.3) is 16.5 Å². The van der Waals surface area contributed by atoms with Crippen LogP contribution in [0.4, 0.5) is 10.2 Å². The predicted molar refractivity (Wildman–Crippen MR) is 114 cm³/mol. The molecule has 0 bridgehead atoms. The van der Waals surface area contributed by atoms with E-state index in [1.807, 2.05) is 30.5 Å². The molecule has 1 aromatic carbocycles. The molecule has 0 aliphatic carbocycles. The van der Waals surface area contributed by atoms with Gasteiger partial charge in [0.05, 0.1) is 5.70 Å². The average Bonchev–Trinajstić information content (AvgIpc) is 2.69. The maximum atomic E-state index is 12.5. The average molecular weight is 385 g/mol. The van der Waals surface area contributed by atoms with E-state index in [0.717, 1.165) is 59.5 Å². The molecule has 2 heterocycles. The van der Waals surface area contributed by atoms with E-state index in [4.69, 9.17) is 11.6 Å². The van der Waals surface area contributed by atoms with Gasteiger partial charge in [-0.15, -0.1) is 0 Å². The quantitative estimate of drug-likeness (QED) is 0.503. The lowest BCUT2D eigenvalue weighted by Crippen LogP contribution is -2.36. The Labute approximate surface area is 165 Å². The van der Waals surface area contributed by atoms with Crippen molar-refractivity contribution in [3.63, 3.8) is 0 Å². The van der Waals surface area contributed by atoms with Crippen LogP contribution in [0.5, 0.6) is 0 Å². The summed E-state index contributed by atoms with van der Waals surface area (Å²) in [5.74, 6) is 6.99. The van der Waals surface area contributed by atoms with E-state index in [1.165, 1.54) is 11.2 Å². The van der Waals surface area contributed by atoms with E-state index in [9.17, 15) is 4.39 Å². The van der Waals surface area contributed by atoms with Gasteiger partial charge in [-0.1, -0.05) is 18.7 Å². The number of benzene rings is 1. The first-order chi connectivity index (χ1) is 13.5. The lowest BCUT2D eigenvalue weighted by Gasteiger charge is -2.32. The highest BCUT2D eigenvalue weighted by atomic mass is 19.1. The van der Waals surface area contributed by atoms with Crippen molar-refractivity contribution in [1.82, 2.24) is 14.9 Å². The number of nitrogens with two attached hydrogens (primary N) is 2. The van der Waals surface area contributed by atoms with E-state index in [1.54, 1.807) is 7.05 Å². The second kappa shape index (κ2) is 9.03. The van der Waals surface area contributed by atoms with Gasteiger partial charge in [-0.2, -0.15) is 0 Å². The number of allylic oxidation sites excluding steroid dienone is 1. The first kappa shape index (κ1) is 20.1. The van der Waals surface area contributed by atoms with Crippen molar-refractivity contribution in [2.24, 2.45) is 17.5 Å². The number of hydrogen-bond acceptors (Lipinski definition) is 6.